The number of carbonyl (C=O) groups is 1. The maximum Gasteiger partial charge on any atom is 0.171 e. The summed E-state index contributed by atoms with van der Waals surface area (Å²) in [7, 11) is 0. The summed E-state index contributed by atoms with van der Waals surface area (Å²) >= 11 is 0. The fourth-order valence-electron chi connectivity index (χ4n) is 1.12. The summed E-state index contributed by atoms with van der Waals surface area (Å²) in [6, 6.07) is 8.78. The van der Waals surface area contributed by atoms with Crippen molar-refractivity contribution in [2.45, 2.75) is 0 Å². The second kappa shape index (κ2) is 3.72. The van der Waals surface area contributed by atoms with E-state index >= 15 is 0 Å². The van der Waals surface area contributed by atoms with E-state index in [2.05, 4.69) is 10.2 Å². The molecule has 0 saturated heterocycles. The van der Waals surface area contributed by atoms with Gasteiger partial charge in [-0.2, -0.15) is 15.2 Å². The lowest BCUT2D eigenvalue weighted by Crippen LogP contribution is -1.98. The summed E-state index contributed by atoms with van der Waals surface area (Å²) < 4.78 is 0. The van der Waals surface area contributed by atoms with E-state index in [9.17, 15) is 4.79 Å². The molecule has 0 saturated carbocycles. The average Bonchev–Trinajstić information content (AvgIpc) is 2.78. The molecular formula is C10H6N4O. The van der Waals surface area contributed by atoms with Crippen LogP contribution in [0.2, 0.25) is 0 Å². The maximum absolute atomic E-state index is 10.4. The first-order valence-electron chi connectivity index (χ1n) is 4.21. The molecule has 0 atom stereocenters. The minimum absolute atomic E-state index is 0.277. The summed E-state index contributed by atoms with van der Waals surface area (Å²) in [4.78, 5) is 11.7. The zero-order chi connectivity index (χ0) is 10.7. The molecule has 0 aliphatic heterocycles. The minimum Gasteiger partial charge on any atom is -0.296 e. The molecular weight excluding hydrogens is 192 g/mol. The van der Waals surface area contributed by atoms with Gasteiger partial charge in [0.1, 0.15) is 5.69 Å². The molecule has 0 unspecified atom stereocenters. The fraction of sp³-hybridized carbons (Fsp3) is 0. The van der Waals surface area contributed by atoms with Crippen molar-refractivity contribution in [2.24, 2.45) is 0 Å². The molecule has 5 heteroatoms. The van der Waals surface area contributed by atoms with Gasteiger partial charge in [-0.15, -0.1) is 5.10 Å². The highest BCUT2D eigenvalue weighted by Crippen LogP contribution is 2.06. The zero-order valence-electron chi connectivity index (χ0n) is 7.66. The Morgan fingerprint density at radius 3 is 2.60 bits per heavy atom. The van der Waals surface area contributed by atoms with Crippen LogP contribution < -0.4 is 0 Å². The van der Waals surface area contributed by atoms with Crippen molar-refractivity contribution >= 4 is 6.29 Å². The van der Waals surface area contributed by atoms with Crippen LogP contribution >= 0.6 is 0 Å². The van der Waals surface area contributed by atoms with Gasteiger partial charge < -0.3 is 0 Å². The van der Waals surface area contributed by atoms with E-state index in [-0.39, 0.29) is 5.69 Å². The third-order valence-corrected chi connectivity index (χ3v) is 1.86. The molecule has 0 bridgehead atoms. The normalized spacial score (nSPS) is 9.53. The lowest BCUT2D eigenvalue weighted by Gasteiger charge is -1.97. The number of carbonyl (C=O) groups excluding carboxylic acids is 1. The number of aromatic nitrogens is 3. The Hall–Kier alpha value is -2.48. The molecule has 0 amide bonds. The molecule has 0 aliphatic rings. The van der Waals surface area contributed by atoms with Crippen molar-refractivity contribution < 1.29 is 4.79 Å². The van der Waals surface area contributed by atoms with Gasteiger partial charge >= 0.3 is 0 Å². The van der Waals surface area contributed by atoms with Gasteiger partial charge in [0.15, 0.2) is 6.29 Å². The Labute approximate surface area is 85.6 Å². The third-order valence-electron chi connectivity index (χ3n) is 1.86. The second-order valence-corrected chi connectivity index (χ2v) is 2.84. The van der Waals surface area contributed by atoms with Crippen LogP contribution in [0.3, 0.4) is 0 Å². The van der Waals surface area contributed by atoms with Crippen molar-refractivity contribution in [1.82, 2.24) is 15.0 Å². The average molecular weight is 198 g/mol. The molecule has 2 rings (SSSR count). The van der Waals surface area contributed by atoms with Crippen molar-refractivity contribution in [1.29, 1.82) is 5.26 Å². The van der Waals surface area contributed by atoms with Crippen LogP contribution in [0.15, 0.2) is 30.5 Å². The molecule has 2 aromatic rings. The molecule has 0 N–H and O–H groups in total. The molecule has 15 heavy (non-hydrogen) atoms. The predicted octanol–water partition coefficient (Wildman–Crippen LogP) is 0.951. The van der Waals surface area contributed by atoms with E-state index in [1.165, 1.54) is 11.0 Å². The van der Waals surface area contributed by atoms with Gasteiger partial charge in [0.25, 0.3) is 0 Å². The highest BCUT2D eigenvalue weighted by atomic mass is 16.1. The Balaban J connectivity index is 2.37. The largest absolute Gasteiger partial charge is 0.296 e. The maximum atomic E-state index is 10.4. The number of nitriles is 1. The number of nitrogens with zero attached hydrogens (tertiary/aromatic N) is 4. The second-order valence-electron chi connectivity index (χ2n) is 2.84. The monoisotopic (exact) mass is 198 g/mol. The Morgan fingerprint density at radius 2 is 2.07 bits per heavy atom. The number of benzene rings is 1. The van der Waals surface area contributed by atoms with Crippen molar-refractivity contribution in [3.63, 3.8) is 0 Å². The number of rotatable bonds is 2. The predicted molar refractivity (Wildman–Crippen MR) is 51.5 cm³/mol. The highest BCUT2D eigenvalue weighted by Gasteiger charge is 2.01. The molecule has 72 valence electrons. The molecule has 0 radical (unpaired) electrons. The van der Waals surface area contributed by atoms with Crippen molar-refractivity contribution in [2.75, 3.05) is 0 Å². The SMILES string of the molecule is N#Cc1ccc(-n2ncc(C=O)n2)cc1. The van der Waals surface area contributed by atoms with Crippen LogP contribution in [-0.4, -0.2) is 21.3 Å². The molecule has 5 nitrogen and oxygen atoms in total. The molecule has 0 spiro atoms. The van der Waals surface area contributed by atoms with E-state index < -0.39 is 0 Å². The zero-order valence-corrected chi connectivity index (χ0v) is 7.66. The fourth-order valence-corrected chi connectivity index (χ4v) is 1.12. The van der Waals surface area contributed by atoms with E-state index in [4.69, 9.17) is 5.26 Å². The van der Waals surface area contributed by atoms with Gasteiger partial charge in [0.05, 0.1) is 23.5 Å². The number of hydrogen-bond acceptors (Lipinski definition) is 4. The number of hydrogen-bond donors (Lipinski definition) is 0. The standard InChI is InChI=1S/C10H6N4O/c11-5-8-1-3-10(4-2-8)14-12-6-9(7-15)13-14/h1-4,6-7H. The van der Waals surface area contributed by atoms with Crippen molar-refractivity contribution in [3.8, 4) is 11.8 Å². The van der Waals surface area contributed by atoms with Crippen LogP contribution in [-0.2, 0) is 0 Å². The van der Waals surface area contributed by atoms with Gasteiger partial charge in [0.2, 0.25) is 0 Å². The van der Waals surface area contributed by atoms with Crippen molar-refractivity contribution in [3.05, 3.63) is 41.7 Å². The highest BCUT2D eigenvalue weighted by molar-refractivity contribution is 5.70. The van der Waals surface area contributed by atoms with Crippen LogP contribution in [0.1, 0.15) is 16.1 Å². The lowest BCUT2D eigenvalue weighted by atomic mass is 10.2. The summed E-state index contributed by atoms with van der Waals surface area (Å²) in [5.41, 5.74) is 1.56. The first-order valence-corrected chi connectivity index (χ1v) is 4.21. The van der Waals surface area contributed by atoms with E-state index in [1.54, 1.807) is 24.3 Å². The quantitative estimate of drug-likeness (QED) is 0.673. The van der Waals surface area contributed by atoms with E-state index in [0.29, 0.717) is 17.5 Å². The molecule has 0 aliphatic carbocycles. The van der Waals surface area contributed by atoms with Crippen LogP contribution in [0, 0.1) is 11.3 Å². The Bertz CT molecular complexity index is 521. The van der Waals surface area contributed by atoms with Gasteiger partial charge in [-0.05, 0) is 24.3 Å². The van der Waals surface area contributed by atoms with Gasteiger partial charge in [-0.1, -0.05) is 0 Å². The first-order chi connectivity index (χ1) is 7.33. The summed E-state index contributed by atoms with van der Waals surface area (Å²) in [5, 5.41) is 16.4. The lowest BCUT2D eigenvalue weighted by molar-refractivity contribution is 0.111. The van der Waals surface area contributed by atoms with Crippen LogP contribution in [0.4, 0.5) is 0 Å². The molecule has 0 fully saturated rings. The van der Waals surface area contributed by atoms with Crippen LogP contribution in [0.25, 0.3) is 5.69 Å². The molecule has 1 aromatic heterocycles. The smallest absolute Gasteiger partial charge is 0.171 e. The van der Waals surface area contributed by atoms with Gasteiger partial charge in [-0.3, -0.25) is 4.79 Å². The van der Waals surface area contributed by atoms with E-state index in [1.807, 2.05) is 6.07 Å². The Morgan fingerprint density at radius 1 is 1.33 bits per heavy atom. The van der Waals surface area contributed by atoms with E-state index in [0.717, 1.165) is 0 Å². The minimum atomic E-state index is 0.277. The summed E-state index contributed by atoms with van der Waals surface area (Å²) in [6.45, 7) is 0. The third kappa shape index (κ3) is 1.74. The topological polar surface area (TPSA) is 71.6 Å². The molecule has 1 aromatic carbocycles. The van der Waals surface area contributed by atoms with Gasteiger partial charge in [-0.25, -0.2) is 0 Å². The van der Waals surface area contributed by atoms with Gasteiger partial charge in [0, 0.05) is 0 Å². The molecule has 1 heterocycles. The number of aldehydes is 1. The first kappa shape index (κ1) is 9.09. The summed E-state index contributed by atoms with van der Waals surface area (Å²) in [5.74, 6) is 0. The summed E-state index contributed by atoms with van der Waals surface area (Å²) in [6.07, 6.45) is 2.01. The van der Waals surface area contributed by atoms with Crippen LogP contribution in [0.5, 0.6) is 0 Å². The Kier molecular flexibility index (Phi) is 2.25.